The molecule has 0 spiro atoms. The molecule has 2 aromatic rings. The van der Waals surface area contributed by atoms with Crippen molar-refractivity contribution < 1.29 is 22.7 Å². The normalized spacial score (nSPS) is 11.7. The van der Waals surface area contributed by atoms with Gasteiger partial charge in [0.05, 0.1) is 12.7 Å². The average molecular weight is 320 g/mol. The Morgan fingerprint density at radius 3 is 2.48 bits per heavy atom. The fourth-order valence-electron chi connectivity index (χ4n) is 2.18. The van der Waals surface area contributed by atoms with Gasteiger partial charge in [-0.2, -0.15) is 13.2 Å². The van der Waals surface area contributed by atoms with Crippen molar-refractivity contribution in [3.63, 3.8) is 0 Å². The topological polar surface area (TPSA) is 26.3 Å². The van der Waals surface area contributed by atoms with Crippen LogP contribution in [-0.2, 0) is 6.18 Å². The van der Waals surface area contributed by atoms with Gasteiger partial charge in [0.2, 0.25) is 0 Å². The summed E-state index contributed by atoms with van der Waals surface area (Å²) >= 11 is 0. The van der Waals surface area contributed by atoms with Gasteiger partial charge in [0.25, 0.3) is 0 Å². The van der Waals surface area contributed by atoms with Gasteiger partial charge in [-0.05, 0) is 36.8 Å². The molecule has 120 valence electrons. The third-order valence-corrected chi connectivity index (χ3v) is 3.41. The third-order valence-electron chi connectivity index (χ3n) is 3.41. The number of ketones is 1. The van der Waals surface area contributed by atoms with Crippen LogP contribution >= 0.6 is 0 Å². The smallest absolute Gasteiger partial charge is 0.416 e. The van der Waals surface area contributed by atoms with Gasteiger partial charge in [-0.3, -0.25) is 4.79 Å². The molecule has 2 aromatic carbocycles. The van der Waals surface area contributed by atoms with E-state index in [4.69, 9.17) is 4.74 Å². The fourth-order valence-corrected chi connectivity index (χ4v) is 2.18. The predicted molar refractivity (Wildman–Crippen MR) is 82.5 cm³/mol. The van der Waals surface area contributed by atoms with Gasteiger partial charge >= 0.3 is 6.18 Å². The Bertz CT molecular complexity index is 746. The summed E-state index contributed by atoms with van der Waals surface area (Å²) in [6.07, 6.45) is -1.77. The Labute approximate surface area is 132 Å². The van der Waals surface area contributed by atoms with E-state index in [0.717, 1.165) is 12.1 Å². The largest absolute Gasteiger partial charge is 0.496 e. The van der Waals surface area contributed by atoms with E-state index in [2.05, 4.69) is 0 Å². The summed E-state index contributed by atoms with van der Waals surface area (Å²) in [6.45, 7) is 1.75. The van der Waals surface area contributed by atoms with E-state index in [1.807, 2.05) is 0 Å². The van der Waals surface area contributed by atoms with Crippen molar-refractivity contribution in [1.82, 2.24) is 0 Å². The number of rotatable bonds is 4. The van der Waals surface area contributed by atoms with E-state index >= 15 is 0 Å². The number of allylic oxidation sites excluding steroid dienone is 1. The Morgan fingerprint density at radius 1 is 1.13 bits per heavy atom. The molecule has 5 heteroatoms. The maximum absolute atomic E-state index is 12.7. The molecular formula is C18H15F3O2. The summed E-state index contributed by atoms with van der Waals surface area (Å²) in [4.78, 5) is 12.2. The second kappa shape index (κ2) is 6.69. The second-order valence-corrected chi connectivity index (χ2v) is 4.95. The van der Waals surface area contributed by atoms with Gasteiger partial charge in [-0.25, -0.2) is 0 Å². The van der Waals surface area contributed by atoms with E-state index in [1.54, 1.807) is 25.1 Å². The quantitative estimate of drug-likeness (QED) is 0.590. The van der Waals surface area contributed by atoms with Crippen LogP contribution in [0.1, 0.15) is 27.0 Å². The van der Waals surface area contributed by atoms with Crippen LogP contribution in [-0.4, -0.2) is 12.9 Å². The zero-order valence-electron chi connectivity index (χ0n) is 12.6. The minimum Gasteiger partial charge on any atom is -0.496 e. The van der Waals surface area contributed by atoms with E-state index in [9.17, 15) is 18.0 Å². The van der Waals surface area contributed by atoms with Crippen molar-refractivity contribution in [3.8, 4) is 5.75 Å². The van der Waals surface area contributed by atoms with Crippen molar-refractivity contribution in [2.45, 2.75) is 13.1 Å². The van der Waals surface area contributed by atoms with Gasteiger partial charge in [-0.1, -0.05) is 30.3 Å². The summed E-state index contributed by atoms with van der Waals surface area (Å²) in [5.41, 5.74) is 0.708. The molecule has 0 aromatic heterocycles. The van der Waals surface area contributed by atoms with Gasteiger partial charge < -0.3 is 4.74 Å². The van der Waals surface area contributed by atoms with Crippen molar-refractivity contribution in [2.75, 3.05) is 7.11 Å². The van der Waals surface area contributed by atoms with Crippen molar-refractivity contribution in [3.05, 3.63) is 70.8 Å². The number of halogens is 3. The Hall–Kier alpha value is -2.56. The highest BCUT2D eigenvalue weighted by molar-refractivity contribution is 6.08. The van der Waals surface area contributed by atoms with Gasteiger partial charge in [0.1, 0.15) is 5.75 Å². The summed E-state index contributed by atoms with van der Waals surface area (Å²) in [5, 5.41) is 0. The van der Waals surface area contributed by atoms with Crippen molar-refractivity contribution in [1.29, 1.82) is 0 Å². The molecule has 0 aliphatic heterocycles. The van der Waals surface area contributed by atoms with Crippen LogP contribution in [0, 0.1) is 6.92 Å². The second-order valence-electron chi connectivity index (χ2n) is 4.95. The van der Waals surface area contributed by atoms with E-state index in [1.165, 1.54) is 31.4 Å². The first-order valence-corrected chi connectivity index (χ1v) is 6.86. The molecule has 0 heterocycles. The molecule has 23 heavy (non-hydrogen) atoms. The fraction of sp³-hybridized carbons (Fsp3) is 0.167. The molecule has 0 saturated carbocycles. The van der Waals surface area contributed by atoms with Crippen molar-refractivity contribution in [2.24, 2.45) is 0 Å². The number of ether oxygens (including phenoxy) is 1. The maximum atomic E-state index is 12.7. The summed E-state index contributed by atoms with van der Waals surface area (Å²) in [7, 11) is 1.51. The minimum absolute atomic E-state index is 0.293. The van der Waals surface area contributed by atoms with Crippen LogP contribution in [0.3, 0.4) is 0 Å². The maximum Gasteiger partial charge on any atom is 0.416 e. The highest BCUT2D eigenvalue weighted by atomic mass is 19.4. The van der Waals surface area contributed by atoms with E-state index in [0.29, 0.717) is 22.4 Å². The first kappa shape index (κ1) is 16.8. The molecule has 0 unspecified atom stereocenters. The molecule has 2 nitrogen and oxygen atoms in total. The molecule has 0 aliphatic rings. The molecule has 0 bridgehead atoms. The van der Waals surface area contributed by atoms with Gasteiger partial charge in [-0.15, -0.1) is 0 Å². The number of carbonyl (C=O) groups is 1. The van der Waals surface area contributed by atoms with Crippen LogP contribution < -0.4 is 4.74 Å². The number of methoxy groups -OCH3 is 1. The van der Waals surface area contributed by atoms with Crippen LogP contribution in [0.15, 0.2) is 48.5 Å². The zero-order valence-corrected chi connectivity index (χ0v) is 12.6. The van der Waals surface area contributed by atoms with Crippen LogP contribution in [0.25, 0.3) is 6.08 Å². The Balaban J connectivity index is 2.26. The number of carbonyl (C=O) groups excluding carboxylic acids is 1. The summed E-state index contributed by atoms with van der Waals surface area (Å²) < 4.78 is 43.1. The molecular weight excluding hydrogens is 305 g/mol. The highest BCUT2D eigenvalue weighted by Gasteiger charge is 2.30. The van der Waals surface area contributed by atoms with E-state index < -0.39 is 11.7 Å². The number of hydrogen-bond donors (Lipinski definition) is 0. The first-order chi connectivity index (χ1) is 10.8. The lowest BCUT2D eigenvalue weighted by Crippen LogP contribution is -2.04. The lowest BCUT2D eigenvalue weighted by Gasteiger charge is -2.08. The zero-order chi connectivity index (χ0) is 17.0. The molecule has 0 amide bonds. The molecule has 0 aliphatic carbocycles. The first-order valence-electron chi connectivity index (χ1n) is 6.86. The van der Waals surface area contributed by atoms with Crippen LogP contribution in [0.5, 0.6) is 5.75 Å². The third kappa shape index (κ3) is 4.00. The summed E-state index contributed by atoms with van der Waals surface area (Å²) in [6, 6.07) is 9.89. The van der Waals surface area contributed by atoms with Gasteiger partial charge in [0, 0.05) is 11.1 Å². The summed E-state index contributed by atoms with van der Waals surface area (Å²) in [5.74, 6) is 0.294. The number of hydrogen-bond acceptors (Lipinski definition) is 2. The Morgan fingerprint density at radius 2 is 1.83 bits per heavy atom. The monoisotopic (exact) mass is 320 g/mol. The van der Waals surface area contributed by atoms with Gasteiger partial charge in [0.15, 0.2) is 5.78 Å². The predicted octanol–water partition coefficient (Wildman–Crippen LogP) is 4.92. The molecule has 2 rings (SSSR count). The van der Waals surface area contributed by atoms with E-state index in [-0.39, 0.29) is 5.78 Å². The molecule has 0 N–H and O–H groups in total. The molecule has 0 atom stereocenters. The lowest BCUT2D eigenvalue weighted by atomic mass is 10.0. The molecule has 0 saturated heterocycles. The highest BCUT2D eigenvalue weighted by Crippen LogP contribution is 2.29. The van der Waals surface area contributed by atoms with Crippen LogP contribution in [0.4, 0.5) is 13.2 Å². The Kier molecular flexibility index (Phi) is 4.89. The average Bonchev–Trinajstić information content (AvgIpc) is 2.52. The standard InChI is InChI=1S/C18H15F3O2/c1-12-15(7-4-8-17(12)23-2)16(22)10-9-13-5-3-6-14(11-13)18(19,20)21/h3-11H,1-2H3. The lowest BCUT2D eigenvalue weighted by molar-refractivity contribution is -0.137. The molecule has 0 radical (unpaired) electrons. The SMILES string of the molecule is COc1cccc(C(=O)C=Cc2cccc(C(F)(F)F)c2)c1C. The van der Waals surface area contributed by atoms with Crippen molar-refractivity contribution >= 4 is 11.9 Å². The molecule has 0 fully saturated rings. The minimum atomic E-state index is -4.41. The van der Waals surface area contributed by atoms with Crippen LogP contribution in [0.2, 0.25) is 0 Å². The number of benzene rings is 2. The number of alkyl halides is 3.